The second-order valence-electron chi connectivity index (χ2n) is 3.74. The van der Waals surface area contributed by atoms with Crippen molar-refractivity contribution >= 4 is 11.7 Å². The molecule has 0 fully saturated rings. The SMILES string of the molecule is COCC(N)CN(C)c1ccc(C(N)=O)nn1. The molecule has 0 aliphatic heterocycles. The molecule has 0 aliphatic rings. The van der Waals surface area contributed by atoms with Gasteiger partial charge in [0.25, 0.3) is 5.91 Å². The maximum Gasteiger partial charge on any atom is 0.269 e. The minimum absolute atomic E-state index is 0.109. The van der Waals surface area contributed by atoms with Crippen LogP contribution in [-0.2, 0) is 4.74 Å². The predicted octanol–water partition coefficient (Wildman–Crippen LogP) is -1.01. The lowest BCUT2D eigenvalue weighted by Crippen LogP contribution is -2.38. The van der Waals surface area contributed by atoms with Crippen molar-refractivity contribution < 1.29 is 9.53 Å². The molecule has 0 saturated carbocycles. The summed E-state index contributed by atoms with van der Waals surface area (Å²) in [6, 6.07) is 3.10. The summed E-state index contributed by atoms with van der Waals surface area (Å²) in [5.41, 5.74) is 11.0. The predicted molar refractivity (Wildman–Crippen MR) is 63.7 cm³/mol. The minimum Gasteiger partial charge on any atom is -0.383 e. The number of likely N-dealkylation sites (N-methyl/N-ethyl adjacent to an activating group) is 1. The van der Waals surface area contributed by atoms with Crippen LogP contribution in [0, 0.1) is 0 Å². The van der Waals surface area contributed by atoms with Gasteiger partial charge in [-0.05, 0) is 12.1 Å². The molecule has 7 nitrogen and oxygen atoms in total. The molecular weight excluding hydrogens is 222 g/mol. The Kier molecular flexibility index (Phi) is 4.80. The number of methoxy groups -OCH3 is 1. The summed E-state index contributed by atoms with van der Waals surface area (Å²) in [5, 5.41) is 7.61. The molecule has 7 heteroatoms. The van der Waals surface area contributed by atoms with Crippen molar-refractivity contribution in [1.29, 1.82) is 0 Å². The number of hydrogen-bond donors (Lipinski definition) is 2. The van der Waals surface area contributed by atoms with E-state index in [1.54, 1.807) is 13.2 Å². The standard InChI is InChI=1S/C10H17N5O2/c1-15(5-7(11)6-17-2)9-4-3-8(10(12)16)13-14-9/h3-4,7H,5-6,11H2,1-2H3,(H2,12,16). The average Bonchev–Trinajstić information content (AvgIpc) is 2.29. The number of rotatable bonds is 6. The molecule has 4 N–H and O–H groups in total. The molecule has 17 heavy (non-hydrogen) atoms. The van der Waals surface area contributed by atoms with Crippen LogP contribution in [0.5, 0.6) is 0 Å². The van der Waals surface area contributed by atoms with Crippen LogP contribution < -0.4 is 16.4 Å². The smallest absolute Gasteiger partial charge is 0.269 e. The van der Waals surface area contributed by atoms with Gasteiger partial charge in [0.15, 0.2) is 11.5 Å². The van der Waals surface area contributed by atoms with E-state index >= 15 is 0 Å². The van der Waals surface area contributed by atoms with Crippen molar-refractivity contribution in [2.24, 2.45) is 11.5 Å². The second-order valence-corrected chi connectivity index (χ2v) is 3.74. The Hall–Kier alpha value is -1.73. The van der Waals surface area contributed by atoms with Gasteiger partial charge in [-0.15, -0.1) is 10.2 Å². The summed E-state index contributed by atoms with van der Waals surface area (Å²) in [5.74, 6) is 0.0318. The topological polar surface area (TPSA) is 107 Å². The first-order chi connectivity index (χ1) is 8.04. The van der Waals surface area contributed by atoms with E-state index in [4.69, 9.17) is 16.2 Å². The highest BCUT2D eigenvalue weighted by molar-refractivity contribution is 5.90. The quantitative estimate of drug-likeness (QED) is 0.658. The normalized spacial score (nSPS) is 12.2. The number of anilines is 1. The van der Waals surface area contributed by atoms with Gasteiger partial charge in [-0.1, -0.05) is 0 Å². The monoisotopic (exact) mass is 239 g/mol. The van der Waals surface area contributed by atoms with Crippen LogP contribution in [0.2, 0.25) is 0 Å². The van der Waals surface area contributed by atoms with E-state index in [1.165, 1.54) is 6.07 Å². The van der Waals surface area contributed by atoms with Crippen LogP contribution in [0.4, 0.5) is 5.82 Å². The van der Waals surface area contributed by atoms with Crippen LogP contribution >= 0.6 is 0 Å². The highest BCUT2D eigenvalue weighted by atomic mass is 16.5. The number of hydrogen-bond acceptors (Lipinski definition) is 6. The van der Waals surface area contributed by atoms with Crippen LogP contribution in [0.3, 0.4) is 0 Å². The zero-order valence-electron chi connectivity index (χ0n) is 9.96. The molecule has 1 aromatic heterocycles. The van der Waals surface area contributed by atoms with E-state index in [-0.39, 0.29) is 11.7 Å². The van der Waals surface area contributed by atoms with Gasteiger partial charge in [-0.2, -0.15) is 0 Å². The number of aromatic nitrogens is 2. The van der Waals surface area contributed by atoms with E-state index in [0.717, 1.165) is 0 Å². The van der Waals surface area contributed by atoms with E-state index < -0.39 is 5.91 Å². The maximum absolute atomic E-state index is 10.8. The molecule has 0 aliphatic carbocycles. The summed E-state index contributed by atoms with van der Waals surface area (Å²) < 4.78 is 4.94. The Labute approximate surface area is 99.7 Å². The lowest BCUT2D eigenvalue weighted by Gasteiger charge is -2.21. The number of primary amides is 1. The van der Waals surface area contributed by atoms with Gasteiger partial charge in [0.05, 0.1) is 6.61 Å². The Morgan fingerprint density at radius 3 is 2.71 bits per heavy atom. The molecule has 1 atom stereocenters. The molecule has 1 aromatic rings. The largest absolute Gasteiger partial charge is 0.383 e. The lowest BCUT2D eigenvalue weighted by atomic mass is 10.3. The van der Waals surface area contributed by atoms with Crippen molar-refractivity contribution in [2.45, 2.75) is 6.04 Å². The van der Waals surface area contributed by atoms with E-state index in [0.29, 0.717) is 19.0 Å². The summed E-state index contributed by atoms with van der Waals surface area (Å²) in [6.45, 7) is 1.05. The van der Waals surface area contributed by atoms with Crippen LogP contribution in [0.15, 0.2) is 12.1 Å². The first-order valence-corrected chi connectivity index (χ1v) is 5.13. The first kappa shape index (κ1) is 13.3. The van der Waals surface area contributed by atoms with Crippen molar-refractivity contribution in [3.05, 3.63) is 17.8 Å². The number of nitrogens with zero attached hydrogens (tertiary/aromatic N) is 3. The third-order valence-corrected chi connectivity index (χ3v) is 2.18. The molecule has 0 spiro atoms. The first-order valence-electron chi connectivity index (χ1n) is 5.13. The molecule has 94 valence electrons. The zero-order chi connectivity index (χ0) is 12.8. The molecule has 0 saturated heterocycles. The Morgan fingerprint density at radius 2 is 2.24 bits per heavy atom. The zero-order valence-corrected chi connectivity index (χ0v) is 9.96. The molecule has 1 rings (SSSR count). The van der Waals surface area contributed by atoms with Crippen molar-refractivity contribution in [3.8, 4) is 0 Å². The number of amides is 1. The molecule has 0 aromatic carbocycles. The van der Waals surface area contributed by atoms with Gasteiger partial charge >= 0.3 is 0 Å². The van der Waals surface area contributed by atoms with Crippen LogP contribution in [-0.4, -0.2) is 49.5 Å². The number of carbonyl (C=O) groups excluding carboxylic acids is 1. The highest BCUT2D eigenvalue weighted by Crippen LogP contribution is 2.07. The fourth-order valence-corrected chi connectivity index (χ4v) is 1.37. The molecule has 0 bridgehead atoms. The summed E-state index contributed by atoms with van der Waals surface area (Å²) in [7, 11) is 3.44. The van der Waals surface area contributed by atoms with Gasteiger partial charge in [-0.25, -0.2) is 0 Å². The van der Waals surface area contributed by atoms with E-state index in [2.05, 4.69) is 10.2 Å². The Morgan fingerprint density at radius 1 is 1.53 bits per heavy atom. The van der Waals surface area contributed by atoms with Gasteiger partial charge in [0.1, 0.15) is 0 Å². The Balaban J connectivity index is 2.63. The maximum atomic E-state index is 10.8. The summed E-state index contributed by atoms with van der Waals surface area (Å²) >= 11 is 0. The van der Waals surface area contributed by atoms with Crippen molar-refractivity contribution in [2.75, 3.05) is 32.2 Å². The molecular formula is C10H17N5O2. The number of ether oxygens (including phenoxy) is 1. The fourth-order valence-electron chi connectivity index (χ4n) is 1.37. The number of carbonyl (C=O) groups is 1. The van der Waals surface area contributed by atoms with Gasteiger partial charge in [0.2, 0.25) is 0 Å². The van der Waals surface area contributed by atoms with E-state index in [9.17, 15) is 4.79 Å². The molecule has 1 unspecified atom stereocenters. The van der Waals surface area contributed by atoms with Crippen molar-refractivity contribution in [3.63, 3.8) is 0 Å². The third kappa shape index (κ3) is 3.97. The molecule has 1 heterocycles. The third-order valence-electron chi connectivity index (χ3n) is 2.18. The average molecular weight is 239 g/mol. The lowest BCUT2D eigenvalue weighted by molar-refractivity contribution is 0.0994. The van der Waals surface area contributed by atoms with Crippen LogP contribution in [0.1, 0.15) is 10.5 Å². The molecule has 1 amide bonds. The Bertz CT molecular complexity index is 367. The molecule has 0 radical (unpaired) electrons. The van der Waals surface area contributed by atoms with E-state index in [1.807, 2.05) is 11.9 Å². The van der Waals surface area contributed by atoms with Gasteiger partial charge in [-0.3, -0.25) is 4.79 Å². The van der Waals surface area contributed by atoms with Gasteiger partial charge in [0, 0.05) is 26.7 Å². The summed E-state index contributed by atoms with van der Waals surface area (Å²) in [4.78, 5) is 12.6. The van der Waals surface area contributed by atoms with Crippen LogP contribution in [0.25, 0.3) is 0 Å². The second kappa shape index (κ2) is 6.12. The number of nitrogens with two attached hydrogens (primary N) is 2. The highest BCUT2D eigenvalue weighted by Gasteiger charge is 2.10. The minimum atomic E-state index is -0.595. The fraction of sp³-hybridized carbons (Fsp3) is 0.500. The van der Waals surface area contributed by atoms with Gasteiger partial charge < -0.3 is 21.1 Å². The summed E-state index contributed by atoms with van der Waals surface area (Å²) in [6.07, 6.45) is 0. The van der Waals surface area contributed by atoms with Crippen molar-refractivity contribution in [1.82, 2.24) is 10.2 Å².